The molecule has 8 heteroatoms. The van der Waals surface area contributed by atoms with Crippen LogP contribution in [0.3, 0.4) is 0 Å². The fraction of sp³-hybridized carbons (Fsp3) is 0.261. The first-order valence-electron chi connectivity index (χ1n) is 9.60. The maximum Gasteiger partial charge on any atom is 0.347 e. The van der Waals surface area contributed by atoms with Crippen molar-refractivity contribution in [2.24, 2.45) is 5.41 Å². The summed E-state index contributed by atoms with van der Waals surface area (Å²) in [5.74, 6) is 3.85. The maximum absolute atomic E-state index is 14.7. The molecular weight excluding hydrogens is 402 g/mol. The Morgan fingerprint density at radius 2 is 2.06 bits per heavy atom. The lowest BCUT2D eigenvalue weighted by atomic mass is 9.95. The minimum Gasteiger partial charge on any atom is -0.375 e. The zero-order chi connectivity index (χ0) is 22.2. The van der Waals surface area contributed by atoms with Crippen LogP contribution in [0.2, 0.25) is 0 Å². The lowest BCUT2D eigenvalue weighted by Gasteiger charge is -2.24. The minimum atomic E-state index is -1.09. The van der Waals surface area contributed by atoms with E-state index in [0.717, 1.165) is 6.07 Å². The van der Waals surface area contributed by atoms with Crippen LogP contribution in [-0.4, -0.2) is 23.1 Å². The highest BCUT2D eigenvalue weighted by atomic mass is 19.2. The van der Waals surface area contributed by atoms with Crippen molar-refractivity contribution in [1.82, 2.24) is 9.97 Å². The number of hydrogen-bond donors (Lipinski definition) is 1. The van der Waals surface area contributed by atoms with Crippen LogP contribution in [0.1, 0.15) is 25.0 Å². The van der Waals surface area contributed by atoms with E-state index in [1.807, 2.05) is 0 Å². The van der Waals surface area contributed by atoms with Gasteiger partial charge in [-0.1, -0.05) is 17.9 Å². The fourth-order valence-corrected chi connectivity index (χ4v) is 3.38. The Morgan fingerprint density at radius 3 is 2.84 bits per heavy atom. The Kier molecular flexibility index (Phi) is 5.18. The SMILES string of the molecule is CC(C)(C#N)C#Cc1cccc2c1COCCN2c1nc(=O)[nH]c2ccc(F)c(F)c12. The molecule has 0 atom stereocenters. The van der Waals surface area contributed by atoms with Crippen LogP contribution in [0.4, 0.5) is 20.3 Å². The first kappa shape index (κ1) is 20.5. The number of fused-ring (bicyclic) bond motifs is 2. The molecule has 0 bridgehead atoms. The summed E-state index contributed by atoms with van der Waals surface area (Å²) in [6, 6.07) is 9.76. The predicted octanol–water partition coefficient (Wildman–Crippen LogP) is 3.77. The summed E-state index contributed by atoms with van der Waals surface area (Å²) in [5, 5.41) is 9.11. The highest BCUT2D eigenvalue weighted by Gasteiger charge is 2.25. The van der Waals surface area contributed by atoms with Gasteiger partial charge in [0, 0.05) is 23.4 Å². The van der Waals surface area contributed by atoms with E-state index in [0.29, 0.717) is 16.8 Å². The molecule has 2 heterocycles. The van der Waals surface area contributed by atoms with Gasteiger partial charge in [0.1, 0.15) is 5.41 Å². The summed E-state index contributed by atoms with van der Waals surface area (Å²) in [5.41, 5.74) is 0.627. The van der Waals surface area contributed by atoms with Crippen molar-refractivity contribution in [3.8, 4) is 17.9 Å². The van der Waals surface area contributed by atoms with E-state index in [9.17, 15) is 18.8 Å². The lowest BCUT2D eigenvalue weighted by molar-refractivity contribution is 0.133. The first-order chi connectivity index (χ1) is 14.8. The molecule has 2 aromatic carbocycles. The van der Waals surface area contributed by atoms with E-state index < -0.39 is 22.7 Å². The topological polar surface area (TPSA) is 82.0 Å². The Bertz CT molecular complexity index is 1350. The number of rotatable bonds is 1. The number of anilines is 2. The molecule has 1 aliphatic rings. The van der Waals surface area contributed by atoms with Crippen molar-refractivity contribution in [2.45, 2.75) is 20.5 Å². The highest BCUT2D eigenvalue weighted by molar-refractivity contribution is 5.92. The third-order valence-corrected chi connectivity index (χ3v) is 4.96. The number of halogens is 2. The Labute approximate surface area is 177 Å². The summed E-state index contributed by atoms with van der Waals surface area (Å²) < 4.78 is 34.5. The monoisotopic (exact) mass is 420 g/mol. The third kappa shape index (κ3) is 3.86. The van der Waals surface area contributed by atoms with Gasteiger partial charge in [0.2, 0.25) is 0 Å². The Hall–Kier alpha value is -3.75. The number of H-pyrrole nitrogens is 1. The molecule has 0 radical (unpaired) electrons. The number of aromatic amines is 1. The summed E-state index contributed by atoms with van der Waals surface area (Å²) >= 11 is 0. The molecule has 0 saturated carbocycles. The van der Waals surface area contributed by atoms with Gasteiger partial charge < -0.3 is 14.6 Å². The molecule has 0 spiro atoms. The molecule has 156 valence electrons. The maximum atomic E-state index is 14.7. The lowest BCUT2D eigenvalue weighted by Crippen LogP contribution is -2.26. The van der Waals surface area contributed by atoms with E-state index in [-0.39, 0.29) is 36.5 Å². The number of nitriles is 1. The third-order valence-electron chi connectivity index (χ3n) is 4.96. The average Bonchev–Trinajstić information content (AvgIpc) is 2.97. The van der Waals surface area contributed by atoms with Crippen molar-refractivity contribution < 1.29 is 13.5 Å². The zero-order valence-corrected chi connectivity index (χ0v) is 16.9. The van der Waals surface area contributed by atoms with E-state index in [1.54, 1.807) is 36.9 Å². The van der Waals surface area contributed by atoms with Gasteiger partial charge in [-0.3, -0.25) is 0 Å². The largest absolute Gasteiger partial charge is 0.375 e. The minimum absolute atomic E-state index is 0.00460. The van der Waals surface area contributed by atoms with Crippen LogP contribution < -0.4 is 10.6 Å². The molecule has 1 aliphatic heterocycles. The second-order valence-electron chi connectivity index (χ2n) is 7.64. The molecule has 1 aromatic heterocycles. The summed E-state index contributed by atoms with van der Waals surface area (Å²) in [6.07, 6.45) is 0. The van der Waals surface area contributed by atoms with Gasteiger partial charge in [0.15, 0.2) is 17.5 Å². The quantitative estimate of drug-likeness (QED) is 0.606. The van der Waals surface area contributed by atoms with Gasteiger partial charge in [-0.2, -0.15) is 10.2 Å². The standard InChI is InChI=1S/C23H18F2N4O2/c1-23(2,13-26)9-8-14-4-3-5-18-15(14)12-31-11-10-29(18)21-19-17(27-22(30)28-21)7-6-16(24)20(19)25/h3-7H,10-12H2,1-2H3,(H,27,28,30). The van der Waals surface area contributed by atoms with Gasteiger partial charge in [-0.05, 0) is 38.1 Å². The van der Waals surface area contributed by atoms with Crippen molar-refractivity contribution in [2.75, 3.05) is 18.1 Å². The molecule has 0 aliphatic carbocycles. The van der Waals surface area contributed by atoms with Gasteiger partial charge in [-0.25, -0.2) is 13.6 Å². The molecule has 0 saturated heterocycles. The second kappa shape index (κ2) is 7.82. The molecular formula is C23H18F2N4O2. The van der Waals surface area contributed by atoms with Gasteiger partial charge >= 0.3 is 5.69 Å². The fourth-order valence-electron chi connectivity index (χ4n) is 3.38. The van der Waals surface area contributed by atoms with Crippen molar-refractivity contribution in [3.63, 3.8) is 0 Å². The van der Waals surface area contributed by atoms with Gasteiger partial charge in [-0.15, -0.1) is 0 Å². The second-order valence-corrected chi connectivity index (χ2v) is 7.64. The Morgan fingerprint density at radius 1 is 1.26 bits per heavy atom. The van der Waals surface area contributed by atoms with E-state index in [2.05, 4.69) is 27.9 Å². The van der Waals surface area contributed by atoms with Crippen LogP contribution in [0.25, 0.3) is 10.9 Å². The molecule has 0 unspecified atom stereocenters. The van der Waals surface area contributed by atoms with Gasteiger partial charge in [0.25, 0.3) is 0 Å². The molecule has 1 N–H and O–H groups in total. The molecule has 6 nitrogen and oxygen atoms in total. The molecule has 0 amide bonds. The number of nitrogens with zero attached hydrogens (tertiary/aromatic N) is 3. The van der Waals surface area contributed by atoms with Crippen LogP contribution in [0.5, 0.6) is 0 Å². The van der Waals surface area contributed by atoms with E-state index in [1.165, 1.54) is 6.07 Å². The van der Waals surface area contributed by atoms with E-state index >= 15 is 0 Å². The number of ether oxygens (including phenoxy) is 1. The first-order valence-corrected chi connectivity index (χ1v) is 9.60. The summed E-state index contributed by atoms with van der Waals surface area (Å²) in [6.45, 7) is 4.22. The molecule has 31 heavy (non-hydrogen) atoms. The molecule has 0 fully saturated rings. The number of nitrogens with one attached hydrogen (secondary N) is 1. The highest BCUT2D eigenvalue weighted by Crippen LogP contribution is 2.35. The van der Waals surface area contributed by atoms with E-state index in [4.69, 9.17) is 4.74 Å². The predicted molar refractivity (Wildman–Crippen MR) is 112 cm³/mol. The van der Waals surface area contributed by atoms with Crippen LogP contribution >= 0.6 is 0 Å². The summed E-state index contributed by atoms with van der Waals surface area (Å²) in [7, 11) is 0. The summed E-state index contributed by atoms with van der Waals surface area (Å²) in [4.78, 5) is 20.2. The van der Waals surface area contributed by atoms with Crippen molar-refractivity contribution in [3.05, 3.63) is 63.6 Å². The Balaban J connectivity index is 1.95. The van der Waals surface area contributed by atoms with Crippen LogP contribution in [0.15, 0.2) is 35.1 Å². The molecule has 3 aromatic rings. The average molecular weight is 420 g/mol. The zero-order valence-electron chi connectivity index (χ0n) is 16.9. The number of benzene rings is 2. The normalized spacial score (nSPS) is 13.7. The number of aromatic nitrogens is 2. The van der Waals surface area contributed by atoms with Crippen LogP contribution in [0, 0.1) is 40.2 Å². The van der Waals surface area contributed by atoms with Gasteiger partial charge in [0.05, 0.1) is 30.2 Å². The molecule has 4 rings (SSSR count). The van der Waals surface area contributed by atoms with Crippen molar-refractivity contribution in [1.29, 1.82) is 5.26 Å². The smallest absolute Gasteiger partial charge is 0.347 e. The number of hydrogen-bond acceptors (Lipinski definition) is 5. The van der Waals surface area contributed by atoms with Crippen LogP contribution in [-0.2, 0) is 11.3 Å². The van der Waals surface area contributed by atoms with Crippen molar-refractivity contribution >= 4 is 22.4 Å².